The van der Waals surface area contributed by atoms with Gasteiger partial charge in [-0.25, -0.2) is 0 Å². The van der Waals surface area contributed by atoms with Crippen LogP contribution in [0.5, 0.6) is 5.75 Å². The molecule has 1 unspecified atom stereocenters. The number of morpholine rings is 1. The van der Waals surface area contributed by atoms with E-state index >= 15 is 0 Å². The number of ether oxygens (including phenoxy) is 2. The first-order chi connectivity index (χ1) is 10.2. The lowest BCUT2D eigenvalue weighted by molar-refractivity contribution is -0.385. The fourth-order valence-electron chi connectivity index (χ4n) is 2.14. The molecule has 7 nitrogen and oxygen atoms in total. The second-order valence-corrected chi connectivity index (χ2v) is 4.69. The van der Waals surface area contributed by atoms with Gasteiger partial charge in [-0.2, -0.15) is 5.26 Å². The van der Waals surface area contributed by atoms with Crippen molar-refractivity contribution in [2.45, 2.75) is 19.4 Å². The number of nitriles is 1. The van der Waals surface area contributed by atoms with E-state index in [9.17, 15) is 10.1 Å². The Balaban J connectivity index is 2.24. The van der Waals surface area contributed by atoms with Crippen molar-refractivity contribution < 1.29 is 14.4 Å². The summed E-state index contributed by atoms with van der Waals surface area (Å²) in [5, 5.41) is 19.9. The molecule has 1 aromatic carbocycles. The van der Waals surface area contributed by atoms with Gasteiger partial charge < -0.3 is 14.4 Å². The lowest BCUT2D eigenvalue weighted by atomic mass is 10.2. The number of nitrogens with zero attached hydrogens (tertiary/aromatic N) is 3. The van der Waals surface area contributed by atoms with Crippen LogP contribution in [-0.2, 0) is 4.74 Å². The SMILES string of the molecule is CCCOc1cc(N2CCOC(C#N)C2)ccc1[N+](=O)[O-]. The highest BCUT2D eigenvalue weighted by atomic mass is 16.6. The van der Waals surface area contributed by atoms with Crippen LogP contribution in [0.1, 0.15) is 13.3 Å². The van der Waals surface area contributed by atoms with Gasteiger partial charge in [0.25, 0.3) is 0 Å². The van der Waals surface area contributed by atoms with E-state index in [0.29, 0.717) is 26.3 Å². The molecule has 0 spiro atoms. The topological polar surface area (TPSA) is 88.6 Å². The minimum atomic E-state index is -0.478. The van der Waals surface area contributed by atoms with Crippen LogP contribution >= 0.6 is 0 Å². The van der Waals surface area contributed by atoms with Gasteiger partial charge in [-0.05, 0) is 12.5 Å². The largest absolute Gasteiger partial charge is 0.487 e. The van der Waals surface area contributed by atoms with Gasteiger partial charge in [-0.3, -0.25) is 10.1 Å². The summed E-state index contributed by atoms with van der Waals surface area (Å²) in [5.74, 6) is 0.263. The summed E-state index contributed by atoms with van der Waals surface area (Å²) in [5.41, 5.74) is 0.757. The number of benzene rings is 1. The fraction of sp³-hybridized carbons (Fsp3) is 0.500. The predicted octanol–water partition coefficient (Wildman–Crippen LogP) is 2.11. The first-order valence-corrected chi connectivity index (χ1v) is 6.83. The van der Waals surface area contributed by atoms with Crippen LogP contribution < -0.4 is 9.64 Å². The second-order valence-electron chi connectivity index (χ2n) is 4.69. The van der Waals surface area contributed by atoms with E-state index < -0.39 is 11.0 Å². The van der Waals surface area contributed by atoms with Crippen molar-refractivity contribution in [3.8, 4) is 11.8 Å². The fourth-order valence-corrected chi connectivity index (χ4v) is 2.14. The Morgan fingerprint density at radius 3 is 3.10 bits per heavy atom. The highest BCUT2D eigenvalue weighted by molar-refractivity contribution is 5.59. The third-order valence-corrected chi connectivity index (χ3v) is 3.18. The standard InChI is InChI=1S/C14H17N3O4/c1-2-6-21-14-8-11(3-4-13(14)17(18)19)16-5-7-20-12(9-15)10-16/h3-4,8,12H,2,5-7,10H2,1H3. The smallest absolute Gasteiger partial charge is 0.311 e. The zero-order chi connectivity index (χ0) is 15.2. The minimum absolute atomic E-state index is 0.0442. The third kappa shape index (κ3) is 3.61. The summed E-state index contributed by atoms with van der Waals surface area (Å²) < 4.78 is 10.8. The second kappa shape index (κ2) is 6.90. The lowest BCUT2D eigenvalue weighted by Gasteiger charge is -2.31. The summed E-state index contributed by atoms with van der Waals surface area (Å²) >= 11 is 0. The average Bonchev–Trinajstić information content (AvgIpc) is 2.52. The summed E-state index contributed by atoms with van der Waals surface area (Å²) in [7, 11) is 0. The van der Waals surface area contributed by atoms with E-state index in [2.05, 4.69) is 6.07 Å². The van der Waals surface area contributed by atoms with E-state index in [1.807, 2.05) is 11.8 Å². The number of anilines is 1. The molecule has 0 saturated carbocycles. The maximum atomic E-state index is 11.0. The van der Waals surface area contributed by atoms with Gasteiger partial charge in [0.2, 0.25) is 0 Å². The molecule has 112 valence electrons. The van der Waals surface area contributed by atoms with Crippen molar-refractivity contribution in [1.82, 2.24) is 0 Å². The Morgan fingerprint density at radius 2 is 2.43 bits per heavy atom. The maximum absolute atomic E-state index is 11.0. The molecule has 0 amide bonds. The van der Waals surface area contributed by atoms with E-state index in [-0.39, 0.29) is 11.4 Å². The molecule has 0 radical (unpaired) electrons. The van der Waals surface area contributed by atoms with E-state index in [0.717, 1.165) is 12.1 Å². The Bertz CT molecular complexity index is 556. The van der Waals surface area contributed by atoms with Crippen LogP contribution in [0.25, 0.3) is 0 Å². The van der Waals surface area contributed by atoms with Crippen LogP contribution in [0.15, 0.2) is 18.2 Å². The van der Waals surface area contributed by atoms with Crippen molar-refractivity contribution in [1.29, 1.82) is 5.26 Å². The Hall–Kier alpha value is -2.33. The molecular formula is C14H17N3O4. The zero-order valence-corrected chi connectivity index (χ0v) is 11.8. The van der Waals surface area contributed by atoms with Gasteiger partial charge in [0.05, 0.1) is 30.8 Å². The number of nitro groups is 1. The summed E-state index contributed by atoms with van der Waals surface area (Å²) in [6, 6.07) is 6.86. The molecule has 0 N–H and O–H groups in total. The van der Waals surface area contributed by atoms with E-state index in [1.54, 1.807) is 12.1 Å². The van der Waals surface area contributed by atoms with Crippen LogP contribution in [-0.4, -0.2) is 37.3 Å². The molecule has 1 heterocycles. The molecular weight excluding hydrogens is 274 g/mol. The van der Waals surface area contributed by atoms with Crippen LogP contribution in [0.4, 0.5) is 11.4 Å². The quantitative estimate of drug-likeness (QED) is 0.609. The van der Waals surface area contributed by atoms with Crippen LogP contribution in [0, 0.1) is 21.4 Å². The van der Waals surface area contributed by atoms with Crippen molar-refractivity contribution in [2.24, 2.45) is 0 Å². The molecule has 7 heteroatoms. The van der Waals surface area contributed by atoms with E-state index in [4.69, 9.17) is 14.7 Å². The first-order valence-electron chi connectivity index (χ1n) is 6.83. The molecule has 1 saturated heterocycles. The Kier molecular flexibility index (Phi) is 4.95. The molecule has 1 fully saturated rings. The van der Waals surface area contributed by atoms with Crippen LogP contribution in [0.3, 0.4) is 0 Å². The molecule has 1 atom stereocenters. The third-order valence-electron chi connectivity index (χ3n) is 3.18. The summed E-state index contributed by atoms with van der Waals surface area (Å²) in [6.07, 6.45) is 0.295. The summed E-state index contributed by atoms with van der Waals surface area (Å²) in [6.45, 7) is 3.91. The number of hydrogen-bond donors (Lipinski definition) is 0. The predicted molar refractivity (Wildman–Crippen MR) is 76.4 cm³/mol. The molecule has 21 heavy (non-hydrogen) atoms. The van der Waals surface area contributed by atoms with Crippen molar-refractivity contribution >= 4 is 11.4 Å². The van der Waals surface area contributed by atoms with E-state index in [1.165, 1.54) is 6.07 Å². The zero-order valence-electron chi connectivity index (χ0n) is 11.8. The number of rotatable bonds is 5. The number of hydrogen-bond acceptors (Lipinski definition) is 6. The van der Waals surface area contributed by atoms with Gasteiger partial charge in [0.15, 0.2) is 11.9 Å². The molecule has 0 bridgehead atoms. The molecule has 1 aliphatic heterocycles. The number of nitro benzene ring substituents is 1. The summed E-state index contributed by atoms with van der Waals surface area (Å²) in [4.78, 5) is 12.5. The highest BCUT2D eigenvalue weighted by Gasteiger charge is 2.23. The van der Waals surface area contributed by atoms with Crippen molar-refractivity contribution in [2.75, 3.05) is 31.2 Å². The van der Waals surface area contributed by atoms with Gasteiger partial charge in [0.1, 0.15) is 0 Å². The van der Waals surface area contributed by atoms with Crippen LogP contribution in [0.2, 0.25) is 0 Å². The molecule has 1 aromatic rings. The molecule has 1 aliphatic rings. The average molecular weight is 291 g/mol. The molecule has 0 aromatic heterocycles. The van der Waals surface area contributed by atoms with Crippen molar-refractivity contribution in [3.63, 3.8) is 0 Å². The Morgan fingerprint density at radius 1 is 1.62 bits per heavy atom. The van der Waals surface area contributed by atoms with Gasteiger partial charge in [-0.1, -0.05) is 6.92 Å². The molecule has 2 rings (SSSR count). The monoisotopic (exact) mass is 291 g/mol. The normalized spacial score (nSPS) is 18.1. The lowest BCUT2D eigenvalue weighted by Crippen LogP contribution is -2.41. The minimum Gasteiger partial charge on any atom is -0.487 e. The first kappa shape index (κ1) is 15.1. The van der Waals surface area contributed by atoms with Gasteiger partial charge >= 0.3 is 5.69 Å². The Labute approximate surface area is 122 Å². The highest BCUT2D eigenvalue weighted by Crippen LogP contribution is 2.32. The molecule has 0 aliphatic carbocycles. The van der Waals surface area contributed by atoms with Gasteiger partial charge in [0, 0.05) is 24.4 Å². The van der Waals surface area contributed by atoms with Gasteiger partial charge in [-0.15, -0.1) is 0 Å². The maximum Gasteiger partial charge on any atom is 0.311 e. The van der Waals surface area contributed by atoms with Crippen molar-refractivity contribution in [3.05, 3.63) is 28.3 Å².